The van der Waals surface area contributed by atoms with E-state index in [2.05, 4.69) is 15.9 Å². The van der Waals surface area contributed by atoms with E-state index in [1.165, 1.54) is 0 Å². The zero-order valence-corrected chi connectivity index (χ0v) is 11.3. The van der Waals surface area contributed by atoms with Gasteiger partial charge in [0.2, 0.25) is 0 Å². The summed E-state index contributed by atoms with van der Waals surface area (Å²) in [7, 11) is 0. The van der Waals surface area contributed by atoms with Crippen LogP contribution in [0.25, 0.3) is 0 Å². The van der Waals surface area contributed by atoms with Crippen molar-refractivity contribution >= 4 is 15.9 Å². The SMILES string of the molecule is Cc1cc(C(Br)C(C(F)(F)F)C(F)(F)F)c(F)cc1F. The van der Waals surface area contributed by atoms with E-state index in [1.54, 1.807) is 0 Å². The summed E-state index contributed by atoms with van der Waals surface area (Å²) < 4.78 is 102. The van der Waals surface area contributed by atoms with E-state index in [0.717, 1.165) is 6.92 Å². The van der Waals surface area contributed by atoms with E-state index in [1.807, 2.05) is 0 Å². The summed E-state index contributed by atoms with van der Waals surface area (Å²) in [6.45, 7) is 1.11. The first-order valence-corrected chi connectivity index (χ1v) is 6.00. The fourth-order valence-corrected chi connectivity index (χ4v) is 2.54. The molecule has 0 nitrogen and oxygen atoms in total. The predicted octanol–water partition coefficient (Wildman–Crippen LogP) is 5.45. The number of alkyl halides is 7. The second-order valence-corrected chi connectivity index (χ2v) is 5.07. The van der Waals surface area contributed by atoms with Crippen molar-refractivity contribution in [2.45, 2.75) is 24.1 Å². The molecule has 20 heavy (non-hydrogen) atoms. The van der Waals surface area contributed by atoms with Crippen LogP contribution in [0.5, 0.6) is 0 Å². The Morgan fingerprint density at radius 3 is 1.75 bits per heavy atom. The second-order valence-electron chi connectivity index (χ2n) is 4.09. The molecule has 0 bridgehead atoms. The van der Waals surface area contributed by atoms with Crippen LogP contribution in [-0.4, -0.2) is 12.4 Å². The molecule has 114 valence electrons. The molecule has 0 amide bonds. The zero-order valence-electron chi connectivity index (χ0n) is 9.71. The highest BCUT2D eigenvalue weighted by Gasteiger charge is 2.60. The molecule has 0 aliphatic heterocycles. The lowest BCUT2D eigenvalue weighted by molar-refractivity contribution is -0.283. The molecule has 0 fully saturated rings. The maximum Gasteiger partial charge on any atom is 0.401 e. The van der Waals surface area contributed by atoms with E-state index in [4.69, 9.17) is 0 Å². The van der Waals surface area contributed by atoms with Crippen LogP contribution in [0.1, 0.15) is 16.0 Å². The minimum Gasteiger partial charge on any atom is -0.207 e. The van der Waals surface area contributed by atoms with Gasteiger partial charge in [0, 0.05) is 11.6 Å². The van der Waals surface area contributed by atoms with Crippen LogP contribution in [0.3, 0.4) is 0 Å². The Bertz CT molecular complexity index is 476. The molecule has 0 heterocycles. The molecular formula is C11H7BrF8. The molecule has 9 heteroatoms. The number of benzene rings is 1. The fraction of sp³-hybridized carbons (Fsp3) is 0.455. The Kier molecular flexibility index (Phi) is 4.72. The molecule has 0 N–H and O–H groups in total. The van der Waals surface area contributed by atoms with Gasteiger partial charge in [-0.3, -0.25) is 0 Å². The molecule has 1 atom stereocenters. The van der Waals surface area contributed by atoms with Crippen molar-refractivity contribution in [3.8, 4) is 0 Å². The lowest BCUT2D eigenvalue weighted by Gasteiger charge is -2.27. The van der Waals surface area contributed by atoms with Crippen molar-refractivity contribution in [1.82, 2.24) is 0 Å². The monoisotopic (exact) mass is 370 g/mol. The first-order valence-electron chi connectivity index (χ1n) is 5.08. The number of hydrogen-bond donors (Lipinski definition) is 0. The van der Waals surface area contributed by atoms with Crippen LogP contribution in [0.15, 0.2) is 12.1 Å². The quantitative estimate of drug-likeness (QED) is 0.479. The molecule has 1 aromatic rings. The number of hydrogen-bond acceptors (Lipinski definition) is 0. The number of rotatable bonds is 2. The summed E-state index contributed by atoms with van der Waals surface area (Å²) in [5.74, 6) is -6.33. The van der Waals surface area contributed by atoms with Crippen molar-refractivity contribution < 1.29 is 35.1 Å². The number of halogens is 9. The molecule has 0 saturated heterocycles. The third-order valence-corrected chi connectivity index (χ3v) is 3.59. The average Bonchev–Trinajstić information content (AvgIpc) is 2.18. The Balaban J connectivity index is 3.34. The van der Waals surface area contributed by atoms with Gasteiger partial charge in [0.1, 0.15) is 11.6 Å². The molecule has 0 aliphatic rings. The third kappa shape index (κ3) is 3.62. The summed E-state index contributed by atoms with van der Waals surface area (Å²) in [6, 6.07) is 0.872. The van der Waals surface area contributed by atoms with Gasteiger partial charge in [0.05, 0.1) is 4.83 Å². The molecule has 1 rings (SSSR count). The third-order valence-electron chi connectivity index (χ3n) is 2.57. The molecule has 0 aromatic heterocycles. The minimum absolute atomic E-state index is 0.253. The van der Waals surface area contributed by atoms with Gasteiger partial charge in [-0.05, 0) is 18.6 Å². The van der Waals surface area contributed by atoms with Gasteiger partial charge in [-0.2, -0.15) is 26.3 Å². The van der Waals surface area contributed by atoms with E-state index < -0.39 is 40.3 Å². The van der Waals surface area contributed by atoms with E-state index in [9.17, 15) is 35.1 Å². The Morgan fingerprint density at radius 2 is 1.35 bits per heavy atom. The van der Waals surface area contributed by atoms with E-state index >= 15 is 0 Å². The van der Waals surface area contributed by atoms with Crippen molar-refractivity contribution in [3.63, 3.8) is 0 Å². The molecule has 0 saturated carbocycles. The highest BCUT2D eigenvalue weighted by Crippen LogP contribution is 2.50. The topological polar surface area (TPSA) is 0 Å². The smallest absolute Gasteiger partial charge is 0.207 e. The van der Waals surface area contributed by atoms with Gasteiger partial charge < -0.3 is 0 Å². The first kappa shape index (κ1) is 17.2. The normalized spacial score (nSPS) is 14.8. The van der Waals surface area contributed by atoms with Crippen molar-refractivity contribution in [2.75, 3.05) is 0 Å². The van der Waals surface area contributed by atoms with Gasteiger partial charge >= 0.3 is 12.4 Å². The standard InChI is InChI=1S/C11H7BrF8/c1-4-2-5(7(14)3-6(4)13)8(12)9(10(15,16)17)11(18,19)20/h2-3,8-9H,1H3. The van der Waals surface area contributed by atoms with Crippen LogP contribution in [0.2, 0.25) is 0 Å². The Labute approximate surface area is 116 Å². The lowest BCUT2D eigenvalue weighted by Crippen LogP contribution is -2.39. The maximum atomic E-state index is 13.4. The maximum absolute atomic E-state index is 13.4. The average molecular weight is 371 g/mol. The highest BCUT2D eigenvalue weighted by molar-refractivity contribution is 9.09. The van der Waals surface area contributed by atoms with E-state index in [0.29, 0.717) is 6.07 Å². The summed E-state index contributed by atoms with van der Waals surface area (Å²) in [6.07, 6.45) is -11.2. The van der Waals surface area contributed by atoms with Crippen LogP contribution in [-0.2, 0) is 0 Å². The van der Waals surface area contributed by atoms with Gasteiger partial charge in [0.25, 0.3) is 0 Å². The first-order chi connectivity index (χ1) is 8.85. The lowest BCUT2D eigenvalue weighted by atomic mass is 9.96. The van der Waals surface area contributed by atoms with Crippen LogP contribution >= 0.6 is 15.9 Å². The Hall–Kier alpha value is -0.860. The van der Waals surface area contributed by atoms with Crippen molar-refractivity contribution in [2.24, 2.45) is 5.92 Å². The Morgan fingerprint density at radius 1 is 0.900 bits per heavy atom. The molecule has 0 spiro atoms. The van der Waals surface area contributed by atoms with Gasteiger partial charge in [-0.25, -0.2) is 8.78 Å². The number of aryl methyl sites for hydroxylation is 1. The van der Waals surface area contributed by atoms with Crippen LogP contribution in [0.4, 0.5) is 35.1 Å². The van der Waals surface area contributed by atoms with Crippen molar-refractivity contribution in [1.29, 1.82) is 0 Å². The summed E-state index contributed by atoms with van der Waals surface area (Å²) in [5, 5.41) is 0. The fourth-order valence-electron chi connectivity index (χ4n) is 1.59. The molecule has 1 unspecified atom stereocenters. The van der Waals surface area contributed by atoms with E-state index in [-0.39, 0.29) is 11.6 Å². The van der Waals surface area contributed by atoms with Gasteiger partial charge in [-0.1, -0.05) is 15.9 Å². The molecule has 0 radical (unpaired) electrons. The summed E-state index contributed by atoms with van der Waals surface area (Å²) in [4.78, 5) is -2.40. The van der Waals surface area contributed by atoms with Crippen LogP contribution < -0.4 is 0 Å². The summed E-state index contributed by atoms with van der Waals surface area (Å²) in [5.41, 5.74) is -1.16. The second kappa shape index (κ2) is 5.50. The van der Waals surface area contributed by atoms with Gasteiger partial charge in [-0.15, -0.1) is 0 Å². The van der Waals surface area contributed by atoms with Crippen LogP contribution in [0, 0.1) is 24.5 Å². The summed E-state index contributed by atoms with van der Waals surface area (Å²) >= 11 is 2.23. The predicted molar refractivity (Wildman–Crippen MR) is 58.4 cm³/mol. The zero-order chi connectivity index (χ0) is 15.9. The molecule has 0 aliphatic carbocycles. The molecular weight excluding hydrogens is 364 g/mol. The highest BCUT2D eigenvalue weighted by atomic mass is 79.9. The minimum atomic E-state index is -5.62. The molecule has 1 aromatic carbocycles. The van der Waals surface area contributed by atoms with Crippen molar-refractivity contribution in [3.05, 3.63) is 34.9 Å². The largest absolute Gasteiger partial charge is 0.401 e. The van der Waals surface area contributed by atoms with Gasteiger partial charge in [0.15, 0.2) is 5.92 Å².